The van der Waals surface area contributed by atoms with Gasteiger partial charge in [-0.15, -0.1) is 23.0 Å². The Balaban J connectivity index is 1.92. The lowest BCUT2D eigenvalue weighted by atomic mass is 10.1. The summed E-state index contributed by atoms with van der Waals surface area (Å²) >= 11 is 10.3. The number of benzene rings is 2. The van der Waals surface area contributed by atoms with E-state index in [1.807, 2.05) is 31.2 Å². The fourth-order valence-corrected chi connectivity index (χ4v) is 2.33. The van der Waals surface area contributed by atoms with Crippen molar-refractivity contribution in [3.05, 3.63) is 53.1 Å². The molecule has 0 aliphatic carbocycles. The maximum Gasteiger partial charge on any atom is 0.168 e. The molecule has 0 saturated carbocycles. The molecule has 0 spiro atoms. The van der Waals surface area contributed by atoms with Gasteiger partial charge >= 0.3 is 0 Å². The number of thiol groups is 1. The van der Waals surface area contributed by atoms with Crippen LogP contribution >= 0.6 is 24.2 Å². The number of allylic oxidation sites excluding steroid dienone is 2. The second kappa shape index (κ2) is 5.26. The van der Waals surface area contributed by atoms with Gasteiger partial charge in [-0.25, -0.2) is 0 Å². The van der Waals surface area contributed by atoms with Crippen LogP contribution in [0.1, 0.15) is 6.92 Å². The molecule has 0 fully saturated rings. The van der Waals surface area contributed by atoms with E-state index in [9.17, 15) is 0 Å². The molecule has 4 nitrogen and oxygen atoms in total. The number of halogens is 1. The van der Waals surface area contributed by atoms with E-state index in [0.29, 0.717) is 10.1 Å². The molecule has 0 amide bonds. The zero-order valence-corrected chi connectivity index (χ0v) is 12.4. The zero-order valence-electron chi connectivity index (χ0n) is 10.8. The van der Waals surface area contributed by atoms with Crippen LogP contribution in [0.3, 0.4) is 0 Å². The Morgan fingerprint density at radius 3 is 2.75 bits per heavy atom. The topological polar surface area (TPSA) is 39.7 Å². The lowest BCUT2D eigenvalue weighted by molar-refractivity contribution is 0.272. The van der Waals surface area contributed by atoms with Crippen molar-refractivity contribution >= 4 is 45.9 Å². The normalized spacial score (nSPS) is 15.2. The van der Waals surface area contributed by atoms with E-state index in [0.717, 1.165) is 22.2 Å². The van der Waals surface area contributed by atoms with Crippen molar-refractivity contribution in [2.75, 3.05) is 5.43 Å². The predicted molar refractivity (Wildman–Crippen MR) is 87.5 cm³/mol. The number of nitrogens with one attached hydrogen (secondary N) is 2. The lowest BCUT2D eigenvalue weighted by Gasteiger charge is -2.27. The third kappa shape index (κ3) is 2.42. The van der Waals surface area contributed by atoms with Crippen molar-refractivity contribution in [2.45, 2.75) is 6.92 Å². The number of hydrogen-bond acceptors (Lipinski definition) is 5. The minimum atomic E-state index is 0.345. The Labute approximate surface area is 127 Å². The molecule has 0 radical (unpaired) electrons. The highest BCUT2D eigenvalue weighted by atomic mass is 35.5. The van der Waals surface area contributed by atoms with Gasteiger partial charge in [0.05, 0.1) is 10.6 Å². The van der Waals surface area contributed by atoms with Crippen LogP contribution in [-0.2, 0) is 0 Å². The largest absolute Gasteiger partial charge is 0.266 e. The number of rotatable bonds is 2. The van der Waals surface area contributed by atoms with Gasteiger partial charge in [-0.2, -0.15) is 0 Å². The first kappa shape index (κ1) is 13.1. The molecule has 0 atom stereocenters. The molecule has 102 valence electrons. The monoisotopic (exact) mass is 304 g/mol. The Hall–Kier alpha value is -1.85. The Morgan fingerprint density at radius 1 is 1.20 bits per heavy atom. The molecular formula is C14H13ClN4S. The van der Waals surface area contributed by atoms with Gasteiger partial charge < -0.3 is 0 Å². The molecule has 2 N–H and O–H groups in total. The molecule has 0 aromatic heterocycles. The number of fused-ring (bicyclic) bond motifs is 1. The van der Waals surface area contributed by atoms with Gasteiger partial charge in [0, 0.05) is 11.1 Å². The van der Waals surface area contributed by atoms with Crippen molar-refractivity contribution < 1.29 is 0 Å². The van der Waals surface area contributed by atoms with Gasteiger partial charge in [0.25, 0.3) is 0 Å². The van der Waals surface area contributed by atoms with Gasteiger partial charge in [0.1, 0.15) is 0 Å². The number of anilines is 1. The van der Waals surface area contributed by atoms with Gasteiger partial charge in [0.2, 0.25) is 0 Å². The third-order valence-corrected chi connectivity index (χ3v) is 3.97. The van der Waals surface area contributed by atoms with Crippen LogP contribution in [0, 0.1) is 0 Å². The molecule has 2 aromatic carbocycles. The van der Waals surface area contributed by atoms with Gasteiger partial charge in [-0.05, 0) is 18.4 Å². The molecule has 2 aromatic rings. The maximum atomic E-state index is 6.04. The summed E-state index contributed by atoms with van der Waals surface area (Å²) in [5.74, 6) is 0. The average molecular weight is 305 g/mol. The van der Waals surface area contributed by atoms with E-state index in [1.54, 1.807) is 0 Å². The molecule has 0 bridgehead atoms. The molecule has 1 aliphatic rings. The summed E-state index contributed by atoms with van der Waals surface area (Å²) in [4.78, 5) is 0.641. The number of hydrazone groups is 1. The first-order valence-corrected chi connectivity index (χ1v) is 6.93. The molecule has 1 aliphatic heterocycles. The lowest BCUT2D eigenvalue weighted by Crippen LogP contribution is -2.40. The number of hydrogen-bond donors (Lipinski definition) is 3. The standard InChI is InChI=1S/C14H13ClN4S/c1-9-13(20)14(15)18-19(16-9)17-12-8-4-6-10-5-2-3-7-11(10)12/h2-8,16-17,20H,1H3. The second-order valence-electron chi connectivity index (χ2n) is 4.43. The number of hydrazine groups is 2. The van der Waals surface area contributed by atoms with Crippen LogP contribution in [0.25, 0.3) is 10.8 Å². The fourth-order valence-electron chi connectivity index (χ4n) is 2.02. The van der Waals surface area contributed by atoms with Crippen molar-refractivity contribution in [1.29, 1.82) is 0 Å². The van der Waals surface area contributed by atoms with Gasteiger partial charge in [0.15, 0.2) is 5.17 Å². The fraction of sp³-hybridized carbons (Fsp3) is 0.0714. The first-order valence-electron chi connectivity index (χ1n) is 6.10. The Bertz CT molecular complexity index is 721. The molecule has 1 heterocycles. The summed E-state index contributed by atoms with van der Waals surface area (Å²) in [6, 6.07) is 14.2. The summed E-state index contributed by atoms with van der Waals surface area (Å²) in [6.07, 6.45) is 0. The predicted octanol–water partition coefficient (Wildman–Crippen LogP) is 3.70. The van der Waals surface area contributed by atoms with E-state index in [1.165, 1.54) is 5.23 Å². The van der Waals surface area contributed by atoms with Crippen LogP contribution < -0.4 is 10.9 Å². The van der Waals surface area contributed by atoms with Crippen LogP contribution in [0.4, 0.5) is 5.69 Å². The van der Waals surface area contributed by atoms with E-state index in [2.05, 4.69) is 46.8 Å². The molecule has 20 heavy (non-hydrogen) atoms. The van der Waals surface area contributed by atoms with E-state index >= 15 is 0 Å². The van der Waals surface area contributed by atoms with E-state index in [4.69, 9.17) is 11.6 Å². The summed E-state index contributed by atoms with van der Waals surface area (Å²) in [6.45, 7) is 1.89. The summed E-state index contributed by atoms with van der Waals surface area (Å²) in [5.41, 5.74) is 8.03. The van der Waals surface area contributed by atoms with Crippen LogP contribution in [0.15, 0.2) is 58.2 Å². The van der Waals surface area contributed by atoms with Crippen molar-refractivity contribution in [2.24, 2.45) is 5.10 Å². The van der Waals surface area contributed by atoms with Crippen LogP contribution in [-0.4, -0.2) is 10.4 Å². The Morgan fingerprint density at radius 2 is 1.95 bits per heavy atom. The SMILES string of the molecule is CC1=C(S)C(Cl)=NN(Nc2cccc3ccccc23)N1. The minimum Gasteiger partial charge on any atom is -0.266 e. The summed E-state index contributed by atoms with van der Waals surface area (Å²) in [5, 5.41) is 8.28. The van der Waals surface area contributed by atoms with Gasteiger partial charge in [-0.3, -0.25) is 10.9 Å². The zero-order chi connectivity index (χ0) is 14.1. The van der Waals surface area contributed by atoms with Crippen molar-refractivity contribution in [3.8, 4) is 0 Å². The smallest absolute Gasteiger partial charge is 0.168 e. The maximum absolute atomic E-state index is 6.04. The average Bonchev–Trinajstić information content (AvgIpc) is 2.45. The van der Waals surface area contributed by atoms with Crippen molar-refractivity contribution in [3.63, 3.8) is 0 Å². The molecule has 3 rings (SSSR count). The molecule has 0 saturated heterocycles. The molecular weight excluding hydrogens is 292 g/mol. The highest BCUT2D eigenvalue weighted by Crippen LogP contribution is 2.24. The third-order valence-electron chi connectivity index (χ3n) is 3.03. The highest BCUT2D eigenvalue weighted by Gasteiger charge is 2.15. The van der Waals surface area contributed by atoms with E-state index in [-0.39, 0.29) is 0 Å². The first-order chi connectivity index (χ1) is 9.65. The van der Waals surface area contributed by atoms with Crippen LogP contribution in [0.5, 0.6) is 0 Å². The summed E-state index contributed by atoms with van der Waals surface area (Å²) < 4.78 is 0. The van der Waals surface area contributed by atoms with Crippen molar-refractivity contribution in [1.82, 2.24) is 10.7 Å². The highest BCUT2D eigenvalue weighted by molar-refractivity contribution is 7.86. The van der Waals surface area contributed by atoms with Crippen LogP contribution in [0.2, 0.25) is 0 Å². The quantitative estimate of drug-likeness (QED) is 0.741. The van der Waals surface area contributed by atoms with Gasteiger partial charge in [-0.1, -0.05) is 48.0 Å². The Kier molecular flexibility index (Phi) is 3.46. The summed E-state index contributed by atoms with van der Waals surface area (Å²) in [7, 11) is 0. The minimum absolute atomic E-state index is 0.345. The van der Waals surface area contributed by atoms with E-state index < -0.39 is 0 Å². The molecule has 0 unspecified atom stereocenters. The molecule has 6 heteroatoms. The second-order valence-corrected chi connectivity index (χ2v) is 5.23. The number of nitrogens with zero attached hydrogens (tertiary/aromatic N) is 2.